The van der Waals surface area contributed by atoms with Crippen molar-refractivity contribution in [1.29, 1.82) is 0 Å². The van der Waals surface area contributed by atoms with E-state index in [-0.39, 0.29) is 0 Å². The molecule has 3 heteroatoms. The quantitative estimate of drug-likeness (QED) is 0.677. The minimum absolute atomic E-state index is 0.577. The normalized spacial score (nSPS) is 19.5. The molecular weight excluding hydrogens is 254 g/mol. The molecule has 2 heterocycles. The lowest BCUT2D eigenvalue weighted by atomic mass is 10.1. The van der Waals surface area contributed by atoms with Gasteiger partial charge in [-0.15, -0.1) is 11.3 Å². The molecule has 1 N–H and O–H groups in total. The van der Waals surface area contributed by atoms with Crippen molar-refractivity contribution >= 4 is 11.3 Å². The van der Waals surface area contributed by atoms with E-state index in [4.69, 9.17) is 0 Å². The highest BCUT2D eigenvalue weighted by atomic mass is 32.1. The summed E-state index contributed by atoms with van der Waals surface area (Å²) in [5, 5.41) is 9.60. The van der Waals surface area contributed by atoms with Crippen LogP contribution in [-0.4, -0.2) is 28.2 Å². The van der Waals surface area contributed by atoms with Crippen LogP contribution in [0.1, 0.15) is 36.9 Å². The number of thiophene rings is 1. The SMILES string of the molecule is CCC1C=CCN1Cc1ccc(C#CC(C)(C)O)s1. The molecule has 1 aliphatic rings. The van der Waals surface area contributed by atoms with Crippen LogP contribution in [-0.2, 0) is 6.54 Å². The maximum atomic E-state index is 9.60. The Morgan fingerprint density at radius 3 is 2.95 bits per heavy atom. The maximum absolute atomic E-state index is 9.60. The third-order valence-corrected chi connectivity index (χ3v) is 4.08. The summed E-state index contributed by atoms with van der Waals surface area (Å²) < 4.78 is 0. The van der Waals surface area contributed by atoms with E-state index in [1.165, 1.54) is 4.88 Å². The summed E-state index contributed by atoms with van der Waals surface area (Å²) >= 11 is 1.72. The van der Waals surface area contributed by atoms with Crippen molar-refractivity contribution in [2.24, 2.45) is 0 Å². The van der Waals surface area contributed by atoms with Gasteiger partial charge in [0.15, 0.2) is 0 Å². The molecule has 1 aromatic rings. The average Bonchev–Trinajstić information content (AvgIpc) is 2.95. The van der Waals surface area contributed by atoms with Gasteiger partial charge in [-0.25, -0.2) is 0 Å². The van der Waals surface area contributed by atoms with Crippen LogP contribution in [0.25, 0.3) is 0 Å². The number of hydrogen-bond donors (Lipinski definition) is 1. The van der Waals surface area contributed by atoms with Gasteiger partial charge in [-0.1, -0.05) is 30.9 Å². The summed E-state index contributed by atoms with van der Waals surface area (Å²) in [5.74, 6) is 5.89. The molecule has 19 heavy (non-hydrogen) atoms. The lowest BCUT2D eigenvalue weighted by Crippen LogP contribution is -2.28. The zero-order chi connectivity index (χ0) is 13.9. The Labute approximate surface area is 119 Å². The van der Waals surface area contributed by atoms with E-state index in [2.05, 4.69) is 41.9 Å². The summed E-state index contributed by atoms with van der Waals surface area (Å²) in [6.07, 6.45) is 5.70. The van der Waals surface area contributed by atoms with Gasteiger partial charge in [0.05, 0.1) is 4.88 Å². The Bertz CT molecular complexity index is 513. The topological polar surface area (TPSA) is 23.5 Å². The largest absolute Gasteiger partial charge is 0.378 e. The van der Waals surface area contributed by atoms with E-state index in [1.54, 1.807) is 25.2 Å². The van der Waals surface area contributed by atoms with Gasteiger partial charge < -0.3 is 5.11 Å². The van der Waals surface area contributed by atoms with Crippen LogP contribution in [0, 0.1) is 11.8 Å². The lowest BCUT2D eigenvalue weighted by molar-refractivity contribution is 0.143. The zero-order valence-corrected chi connectivity index (χ0v) is 12.6. The molecule has 1 atom stereocenters. The number of aliphatic hydroxyl groups is 1. The summed E-state index contributed by atoms with van der Waals surface area (Å²) in [4.78, 5) is 4.83. The van der Waals surface area contributed by atoms with Crippen molar-refractivity contribution < 1.29 is 5.11 Å². The van der Waals surface area contributed by atoms with Crippen molar-refractivity contribution in [3.8, 4) is 11.8 Å². The van der Waals surface area contributed by atoms with Crippen molar-refractivity contribution in [1.82, 2.24) is 4.90 Å². The Morgan fingerprint density at radius 1 is 1.47 bits per heavy atom. The lowest BCUT2D eigenvalue weighted by Gasteiger charge is -2.22. The smallest absolute Gasteiger partial charge is 0.120 e. The minimum Gasteiger partial charge on any atom is -0.378 e. The Morgan fingerprint density at radius 2 is 2.26 bits per heavy atom. The fourth-order valence-electron chi connectivity index (χ4n) is 2.13. The summed E-state index contributed by atoms with van der Waals surface area (Å²) in [5.41, 5.74) is -0.920. The Balaban J connectivity index is 1.99. The van der Waals surface area contributed by atoms with Gasteiger partial charge in [-0.05, 0) is 32.4 Å². The van der Waals surface area contributed by atoms with E-state index in [0.717, 1.165) is 24.4 Å². The first-order valence-corrected chi connectivity index (χ1v) is 7.54. The minimum atomic E-state index is -0.920. The molecule has 0 saturated heterocycles. The number of rotatable bonds is 3. The van der Waals surface area contributed by atoms with Gasteiger partial charge >= 0.3 is 0 Å². The molecule has 1 aromatic heterocycles. The van der Waals surface area contributed by atoms with E-state index >= 15 is 0 Å². The molecule has 0 radical (unpaired) electrons. The average molecular weight is 275 g/mol. The van der Waals surface area contributed by atoms with E-state index in [0.29, 0.717) is 6.04 Å². The van der Waals surface area contributed by atoms with Crippen LogP contribution < -0.4 is 0 Å². The molecule has 0 fully saturated rings. The maximum Gasteiger partial charge on any atom is 0.120 e. The second-order valence-electron chi connectivity index (χ2n) is 5.41. The van der Waals surface area contributed by atoms with Crippen LogP contribution in [0.3, 0.4) is 0 Å². The van der Waals surface area contributed by atoms with E-state index in [9.17, 15) is 5.11 Å². The molecule has 0 aromatic carbocycles. The molecule has 0 bridgehead atoms. The molecule has 1 unspecified atom stereocenters. The Kier molecular flexibility index (Phi) is 4.46. The fraction of sp³-hybridized carbons (Fsp3) is 0.500. The molecule has 0 aliphatic carbocycles. The first-order chi connectivity index (χ1) is 8.98. The third kappa shape index (κ3) is 4.21. The molecule has 0 spiro atoms. The predicted octanol–water partition coefficient (Wildman–Crippen LogP) is 3.02. The zero-order valence-electron chi connectivity index (χ0n) is 11.8. The van der Waals surface area contributed by atoms with Gasteiger partial charge in [0, 0.05) is 24.0 Å². The van der Waals surface area contributed by atoms with Gasteiger partial charge in [0.1, 0.15) is 5.60 Å². The van der Waals surface area contributed by atoms with Gasteiger partial charge in [0.25, 0.3) is 0 Å². The summed E-state index contributed by atoms with van der Waals surface area (Å²) in [7, 11) is 0. The van der Waals surface area contributed by atoms with Crippen molar-refractivity contribution in [2.75, 3.05) is 6.54 Å². The first-order valence-electron chi connectivity index (χ1n) is 6.73. The second-order valence-corrected chi connectivity index (χ2v) is 6.58. The molecular formula is C16H21NOS. The van der Waals surface area contributed by atoms with E-state index in [1.807, 2.05) is 6.07 Å². The number of nitrogens with zero attached hydrogens (tertiary/aromatic N) is 1. The highest BCUT2D eigenvalue weighted by Gasteiger charge is 2.18. The highest BCUT2D eigenvalue weighted by Crippen LogP contribution is 2.22. The van der Waals surface area contributed by atoms with Crippen molar-refractivity contribution in [2.45, 2.75) is 45.4 Å². The van der Waals surface area contributed by atoms with Crippen LogP contribution >= 0.6 is 11.3 Å². The monoisotopic (exact) mass is 275 g/mol. The molecule has 2 nitrogen and oxygen atoms in total. The molecule has 0 saturated carbocycles. The van der Waals surface area contributed by atoms with Gasteiger partial charge in [-0.2, -0.15) is 0 Å². The van der Waals surface area contributed by atoms with Gasteiger partial charge in [-0.3, -0.25) is 4.90 Å². The number of hydrogen-bond acceptors (Lipinski definition) is 3. The predicted molar refractivity (Wildman–Crippen MR) is 81.1 cm³/mol. The summed E-state index contributed by atoms with van der Waals surface area (Å²) in [6, 6.07) is 4.76. The molecule has 0 amide bonds. The molecule has 2 rings (SSSR count). The van der Waals surface area contributed by atoms with E-state index < -0.39 is 5.60 Å². The van der Waals surface area contributed by atoms with Crippen LogP contribution in [0.2, 0.25) is 0 Å². The van der Waals surface area contributed by atoms with Crippen LogP contribution in [0.15, 0.2) is 24.3 Å². The Hall–Kier alpha value is -1.08. The summed E-state index contributed by atoms with van der Waals surface area (Å²) in [6.45, 7) is 7.66. The second kappa shape index (κ2) is 5.92. The fourth-order valence-corrected chi connectivity index (χ4v) is 3.02. The highest BCUT2D eigenvalue weighted by molar-refractivity contribution is 7.12. The standard InChI is InChI=1S/C16H21NOS/c1-4-13-6-5-11-17(13)12-15-8-7-14(19-15)9-10-16(2,3)18/h5-8,13,18H,4,11-12H2,1-3H3. The molecule has 1 aliphatic heterocycles. The van der Waals surface area contributed by atoms with Crippen LogP contribution in [0.4, 0.5) is 0 Å². The third-order valence-electron chi connectivity index (χ3n) is 3.10. The van der Waals surface area contributed by atoms with Crippen molar-refractivity contribution in [3.05, 3.63) is 34.0 Å². The first kappa shape index (κ1) is 14.3. The van der Waals surface area contributed by atoms with Crippen LogP contribution in [0.5, 0.6) is 0 Å². The van der Waals surface area contributed by atoms with Gasteiger partial charge in [0.2, 0.25) is 0 Å². The van der Waals surface area contributed by atoms with Crippen molar-refractivity contribution in [3.63, 3.8) is 0 Å². The molecule has 102 valence electrons.